The Morgan fingerprint density at radius 1 is 1.15 bits per heavy atom. The van der Waals surface area contributed by atoms with Gasteiger partial charge in [0.05, 0.1) is 17.5 Å². The maximum absolute atomic E-state index is 14.9. The number of piperidine rings is 1. The van der Waals surface area contributed by atoms with E-state index in [1.165, 1.54) is 11.0 Å². The normalized spacial score (nSPS) is 20.6. The lowest BCUT2D eigenvalue weighted by molar-refractivity contribution is -0.136. The Hall–Kier alpha value is -3.05. The quantitative estimate of drug-likeness (QED) is 0.328. The smallest absolute Gasteiger partial charge is 0.407 e. The zero-order valence-electron chi connectivity index (χ0n) is 23.1. The highest BCUT2D eigenvalue weighted by Crippen LogP contribution is 2.25. The summed E-state index contributed by atoms with van der Waals surface area (Å²) in [6.45, 7) is 6.52. The third kappa shape index (κ3) is 6.58. The summed E-state index contributed by atoms with van der Waals surface area (Å²) in [6.07, 6.45) is 2.71. The first-order chi connectivity index (χ1) is 18.7. The molecule has 1 unspecified atom stereocenters. The monoisotopic (exact) mass is 545 g/mol. The second-order valence-corrected chi connectivity index (χ2v) is 11.0. The van der Waals surface area contributed by atoms with Crippen molar-refractivity contribution < 1.29 is 28.6 Å². The van der Waals surface area contributed by atoms with Crippen LogP contribution in [0.15, 0.2) is 18.2 Å². The molecule has 11 heteroatoms. The van der Waals surface area contributed by atoms with E-state index in [0.717, 1.165) is 19.3 Å². The molecule has 2 amide bonds. The molecule has 4 rings (SSSR count). The van der Waals surface area contributed by atoms with Crippen molar-refractivity contribution in [2.24, 2.45) is 11.8 Å². The second kappa shape index (κ2) is 12.9. The number of carbonyl (C=O) groups is 3. The van der Waals surface area contributed by atoms with E-state index < -0.39 is 23.9 Å². The number of unbranched alkanes of at least 4 members (excludes halogenated alkanes) is 1. The van der Waals surface area contributed by atoms with Gasteiger partial charge in [-0.25, -0.2) is 14.2 Å². The van der Waals surface area contributed by atoms with Crippen LogP contribution in [0.25, 0.3) is 11.0 Å². The number of Topliss-reactive ketones (excluding diaryl/α,β-unsaturated/α-hetero) is 1. The van der Waals surface area contributed by atoms with E-state index in [1.807, 2.05) is 18.7 Å². The molecule has 0 radical (unpaired) electrons. The molecule has 0 aliphatic carbocycles. The molecule has 3 atom stereocenters. The molecule has 214 valence electrons. The van der Waals surface area contributed by atoms with Gasteiger partial charge in [0.1, 0.15) is 11.3 Å². The Morgan fingerprint density at radius 3 is 2.56 bits per heavy atom. The van der Waals surface area contributed by atoms with Crippen LogP contribution < -0.4 is 5.32 Å². The van der Waals surface area contributed by atoms with Crippen LogP contribution in [0.2, 0.25) is 0 Å². The molecule has 3 heterocycles. The number of hydrogen-bond acceptors (Lipinski definition) is 6. The first-order valence-electron chi connectivity index (χ1n) is 13.9. The zero-order valence-corrected chi connectivity index (χ0v) is 23.1. The number of imidazole rings is 1. The van der Waals surface area contributed by atoms with Crippen LogP contribution in [0, 0.1) is 17.7 Å². The van der Waals surface area contributed by atoms with Gasteiger partial charge in [0.25, 0.3) is 0 Å². The van der Waals surface area contributed by atoms with Crippen LogP contribution in [-0.4, -0.2) is 94.2 Å². The summed E-state index contributed by atoms with van der Waals surface area (Å²) in [5, 5.41) is 13.1. The highest BCUT2D eigenvalue weighted by molar-refractivity contribution is 6.00. The number of rotatable bonds is 11. The van der Waals surface area contributed by atoms with E-state index >= 15 is 0 Å². The van der Waals surface area contributed by atoms with Crippen LogP contribution in [0.3, 0.4) is 0 Å². The fourth-order valence-corrected chi connectivity index (χ4v) is 5.78. The molecule has 2 aromatic rings. The third-order valence-electron chi connectivity index (χ3n) is 7.77. The molecule has 2 N–H and O–H groups in total. The fourth-order valence-electron chi connectivity index (χ4n) is 5.78. The Kier molecular flexibility index (Phi) is 9.55. The predicted molar refractivity (Wildman–Crippen MR) is 144 cm³/mol. The van der Waals surface area contributed by atoms with E-state index in [1.54, 1.807) is 23.8 Å². The maximum Gasteiger partial charge on any atom is 0.407 e. The van der Waals surface area contributed by atoms with Gasteiger partial charge >= 0.3 is 6.09 Å². The minimum absolute atomic E-state index is 0.0222. The number of nitrogens with one attached hydrogen (secondary N) is 1. The van der Waals surface area contributed by atoms with Crippen LogP contribution in [0.5, 0.6) is 0 Å². The lowest BCUT2D eigenvalue weighted by Gasteiger charge is -2.39. The molecule has 2 fully saturated rings. The Morgan fingerprint density at radius 2 is 1.90 bits per heavy atom. The van der Waals surface area contributed by atoms with Crippen LogP contribution in [0.4, 0.5) is 9.18 Å². The first kappa shape index (κ1) is 28.9. The summed E-state index contributed by atoms with van der Waals surface area (Å²) >= 11 is 0. The van der Waals surface area contributed by atoms with Crippen LogP contribution >= 0.6 is 0 Å². The number of methoxy groups -OCH3 is 1. The molecular weight excluding hydrogens is 505 g/mol. The van der Waals surface area contributed by atoms with Crippen molar-refractivity contribution in [2.45, 2.75) is 64.6 Å². The number of ether oxygens (including phenoxy) is 1. The van der Waals surface area contributed by atoms with Gasteiger partial charge in [-0.05, 0) is 50.2 Å². The highest BCUT2D eigenvalue weighted by Gasteiger charge is 2.39. The van der Waals surface area contributed by atoms with Gasteiger partial charge in [0.15, 0.2) is 5.82 Å². The van der Waals surface area contributed by atoms with E-state index in [-0.39, 0.29) is 42.6 Å². The van der Waals surface area contributed by atoms with Gasteiger partial charge in [-0.15, -0.1) is 0 Å². The van der Waals surface area contributed by atoms with Crippen molar-refractivity contribution in [3.63, 3.8) is 0 Å². The number of amides is 2. The Bertz CT molecular complexity index is 1180. The molecule has 0 saturated carbocycles. The zero-order chi connectivity index (χ0) is 28.1. The van der Waals surface area contributed by atoms with Gasteiger partial charge in [0, 0.05) is 52.5 Å². The molecule has 1 aromatic heterocycles. The van der Waals surface area contributed by atoms with Crippen molar-refractivity contribution in [3.05, 3.63) is 29.8 Å². The Labute approximate surface area is 228 Å². The number of aromatic nitrogens is 2. The summed E-state index contributed by atoms with van der Waals surface area (Å²) < 4.78 is 21.7. The SMILES string of the molecule is COCCCCn1c(C(=O)C(N[C@H]2C[C@@H](C(=O)N3CCCC3)CN(C(=O)O)C2)C(C)C)nc2cccc(F)c21. The summed E-state index contributed by atoms with van der Waals surface area (Å²) in [7, 11) is 1.63. The van der Waals surface area contributed by atoms with Gasteiger partial charge in [-0.2, -0.15) is 0 Å². The number of carboxylic acid groups (broad SMARTS) is 1. The molecule has 10 nitrogen and oxygen atoms in total. The fraction of sp³-hybridized carbons (Fsp3) is 0.643. The number of para-hydroxylation sites is 1. The molecule has 2 aliphatic heterocycles. The van der Waals surface area contributed by atoms with Crippen molar-refractivity contribution >= 4 is 28.8 Å². The number of aryl methyl sites for hydroxylation is 1. The number of likely N-dealkylation sites (tertiary alicyclic amines) is 2. The van der Waals surface area contributed by atoms with Crippen molar-refractivity contribution in [1.82, 2.24) is 24.7 Å². The van der Waals surface area contributed by atoms with E-state index in [0.29, 0.717) is 50.1 Å². The topological polar surface area (TPSA) is 117 Å². The predicted octanol–water partition coefficient (Wildman–Crippen LogP) is 3.39. The summed E-state index contributed by atoms with van der Waals surface area (Å²) in [5.41, 5.74) is 0.713. The van der Waals surface area contributed by atoms with E-state index in [2.05, 4.69) is 10.3 Å². The largest absolute Gasteiger partial charge is 0.465 e. The number of carbonyl (C=O) groups excluding carboxylic acids is 2. The van der Waals surface area contributed by atoms with Gasteiger partial charge < -0.3 is 29.5 Å². The number of nitrogens with zero attached hydrogens (tertiary/aromatic N) is 4. The first-order valence-corrected chi connectivity index (χ1v) is 13.9. The number of hydrogen-bond donors (Lipinski definition) is 2. The summed E-state index contributed by atoms with van der Waals surface area (Å²) in [6, 6.07) is 3.55. The Balaban J connectivity index is 1.59. The number of halogens is 1. The summed E-state index contributed by atoms with van der Waals surface area (Å²) in [5.74, 6) is -1.18. The molecule has 1 aromatic carbocycles. The standard InChI is InChI=1S/C28H40FN5O5/c1-18(2)23(30-20-15-19(16-33(17-20)28(37)38)27(36)32-11-4-5-12-32)25(35)26-31-22-10-8-9-21(29)24(22)34(26)13-6-7-14-39-3/h8-10,18-20,23,30H,4-7,11-17H2,1-3H3,(H,37,38)/t19-,20+,23?/m1/s1. The minimum Gasteiger partial charge on any atom is -0.465 e. The van der Waals surface area contributed by atoms with Crippen LogP contribution in [0.1, 0.15) is 56.6 Å². The number of fused-ring (bicyclic) bond motifs is 1. The van der Waals surface area contributed by atoms with Crippen molar-refractivity contribution in [2.75, 3.05) is 39.9 Å². The molecule has 2 aliphatic rings. The van der Waals surface area contributed by atoms with E-state index in [9.17, 15) is 23.9 Å². The third-order valence-corrected chi connectivity index (χ3v) is 7.77. The lowest BCUT2D eigenvalue weighted by Crippen LogP contribution is -2.58. The average molecular weight is 546 g/mol. The van der Waals surface area contributed by atoms with Gasteiger partial charge in [-0.3, -0.25) is 9.59 Å². The maximum atomic E-state index is 14.9. The van der Waals surface area contributed by atoms with E-state index in [4.69, 9.17) is 4.74 Å². The minimum atomic E-state index is -1.08. The molecule has 0 bridgehead atoms. The summed E-state index contributed by atoms with van der Waals surface area (Å²) in [4.78, 5) is 46.7. The highest BCUT2D eigenvalue weighted by atomic mass is 19.1. The number of benzene rings is 1. The number of ketones is 1. The second-order valence-electron chi connectivity index (χ2n) is 11.0. The van der Waals surface area contributed by atoms with Gasteiger partial charge in [-0.1, -0.05) is 19.9 Å². The average Bonchev–Trinajstić information content (AvgIpc) is 3.58. The molecular formula is C28H40FN5O5. The van der Waals surface area contributed by atoms with Crippen molar-refractivity contribution in [3.8, 4) is 0 Å². The lowest BCUT2D eigenvalue weighted by atomic mass is 9.90. The molecule has 0 spiro atoms. The molecule has 2 saturated heterocycles. The van der Waals surface area contributed by atoms with Gasteiger partial charge in [0.2, 0.25) is 11.7 Å². The van der Waals surface area contributed by atoms with Crippen LogP contribution in [-0.2, 0) is 16.1 Å². The van der Waals surface area contributed by atoms with Crippen molar-refractivity contribution in [1.29, 1.82) is 0 Å². The molecule has 39 heavy (non-hydrogen) atoms.